The van der Waals surface area contributed by atoms with Crippen molar-refractivity contribution in [1.82, 2.24) is 0 Å². The third-order valence-corrected chi connectivity index (χ3v) is 9.83. The van der Waals surface area contributed by atoms with Gasteiger partial charge < -0.3 is 10.2 Å². The highest BCUT2D eigenvalue weighted by molar-refractivity contribution is 7.97. The second-order valence-electron chi connectivity index (χ2n) is 9.85. The predicted molar refractivity (Wildman–Crippen MR) is 135 cm³/mol. The van der Waals surface area contributed by atoms with Crippen LogP contribution in [0.3, 0.4) is 0 Å². The summed E-state index contributed by atoms with van der Waals surface area (Å²) in [5.74, 6) is 0. The Hall–Kier alpha value is -2.07. The highest BCUT2D eigenvalue weighted by atomic mass is 32.2. The van der Waals surface area contributed by atoms with E-state index in [1.807, 2.05) is 0 Å². The molecule has 2 saturated carbocycles. The fourth-order valence-electron chi connectivity index (χ4n) is 5.62. The molecule has 3 aromatic carbocycles. The molecule has 0 aromatic heterocycles. The van der Waals surface area contributed by atoms with Gasteiger partial charge in [-0.1, -0.05) is 81.0 Å². The maximum Gasteiger partial charge on any atom is 0.166 e. The topological polar surface area (TPSA) is 40.5 Å². The Kier molecular flexibility index (Phi) is 6.65. The molecule has 5 rings (SSSR count). The van der Waals surface area contributed by atoms with E-state index in [2.05, 4.69) is 78.9 Å². The lowest BCUT2D eigenvalue weighted by atomic mass is 9.80. The van der Waals surface area contributed by atoms with Crippen molar-refractivity contribution in [2.45, 2.75) is 90.1 Å². The maximum atomic E-state index is 11.2. The highest BCUT2D eigenvalue weighted by Gasteiger charge is 2.35. The molecule has 0 bridgehead atoms. The Bertz CT molecular complexity index is 963. The van der Waals surface area contributed by atoms with E-state index in [-0.39, 0.29) is 10.9 Å². The Labute approximate surface area is 201 Å². The van der Waals surface area contributed by atoms with Gasteiger partial charge in [0.15, 0.2) is 14.7 Å². The minimum Gasteiger partial charge on any atom is -0.385 e. The van der Waals surface area contributed by atoms with Gasteiger partial charge in [0.2, 0.25) is 0 Å². The van der Waals surface area contributed by atoms with Crippen molar-refractivity contribution in [3.8, 4) is 0 Å². The van der Waals surface area contributed by atoms with Gasteiger partial charge >= 0.3 is 0 Å². The van der Waals surface area contributed by atoms with Crippen LogP contribution in [-0.4, -0.2) is 10.2 Å². The monoisotopic (exact) mass is 459 g/mol. The van der Waals surface area contributed by atoms with Crippen LogP contribution in [0.1, 0.15) is 75.3 Å². The van der Waals surface area contributed by atoms with Gasteiger partial charge in [0.1, 0.15) is 0 Å². The first-order valence-electron chi connectivity index (χ1n) is 12.5. The van der Waals surface area contributed by atoms with E-state index in [1.54, 1.807) is 0 Å². The molecular formula is C30H35O2S+. The summed E-state index contributed by atoms with van der Waals surface area (Å²) in [7, 11) is -0.231. The first-order valence-corrected chi connectivity index (χ1v) is 13.8. The Morgan fingerprint density at radius 1 is 0.455 bits per heavy atom. The summed E-state index contributed by atoms with van der Waals surface area (Å²) in [6.45, 7) is 0. The van der Waals surface area contributed by atoms with Crippen LogP contribution in [0, 0.1) is 0 Å². The summed E-state index contributed by atoms with van der Waals surface area (Å²) in [5, 5.41) is 22.3. The predicted octanol–water partition coefficient (Wildman–Crippen LogP) is 7.09. The van der Waals surface area contributed by atoms with E-state index in [1.165, 1.54) is 27.5 Å². The fourth-order valence-corrected chi connectivity index (χ4v) is 7.68. The minimum absolute atomic E-state index is 0.231. The van der Waals surface area contributed by atoms with Gasteiger partial charge in [-0.3, -0.25) is 0 Å². The smallest absolute Gasteiger partial charge is 0.166 e. The third kappa shape index (κ3) is 4.77. The van der Waals surface area contributed by atoms with Crippen LogP contribution < -0.4 is 0 Å². The highest BCUT2D eigenvalue weighted by Crippen LogP contribution is 2.40. The molecule has 2 N–H and O–H groups in total. The fraction of sp³-hybridized carbons (Fsp3) is 0.400. The van der Waals surface area contributed by atoms with Crippen molar-refractivity contribution in [1.29, 1.82) is 0 Å². The average Bonchev–Trinajstić information content (AvgIpc) is 2.87. The van der Waals surface area contributed by atoms with Crippen molar-refractivity contribution >= 4 is 10.9 Å². The zero-order valence-corrected chi connectivity index (χ0v) is 20.2. The normalized spacial score (nSPS) is 20.0. The number of hydrogen-bond donors (Lipinski definition) is 2. The molecule has 2 aliphatic carbocycles. The van der Waals surface area contributed by atoms with Gasteiger partial charge in [0, 0.05) is 0 Å². The van der Waals surface area contributed by atoms with Crippen LogP contribution in [0.2, 0.25) is 0 Å². The first-order chi connectivity index (χ1) is 16.1. The summed E-state index contributed by atoms with van der Waals surface area (Å²) in [4.78, 5) is 3.80. The summed E-state index contributed by atoms with van der Waals surface area (Å²) in [6.07, 6.45) is 10.3. The van der Waals surface area contributed by atoms with Crippen LogP contribution in [0.4, 0.5) is 0 Å². The molecule has 0 unspecified atom stereocenters. The summed E-state index contributed by atoms with van der Waals surface area (Å²) in [6, 6.07) is 28.1. The maximum absolute atomic E-state index is 11.2. The molecule has 0 radical (unpaired) electrons. The van der Waals surface area contributed by atoms with E-state index in [4.69, 9.17) is 0 Å². The molecule has 172 valence electrons. The zero-order valence-electron chi connectivity index (χ0n) is 19.4. The van der Waals surface area contributed by atoms with Gasteiger partial charge in [-0.2, -0.15) is 0 Å². The molecule has 3 aromatic rings. The molecular weight excluding hydrogens is 424 g/mol. The third-order valence-electron chi connectivity index (χ3n) is 7.60. The zero-order chi connectivity index (χ0) is 22.7. The second kappa shape index (κ2) is 9.66. The largest absolute Gasteiger partial charge is 0.385 e. The molecule has 3 heteroatoms. The average molecular weight is 460 g/mol. The Balaban J connectivity index is 1.47. The SMILES string of the molecule is OC1(c2ccc([S+](c3ccccc3)c3ccc(C4(O)CCCCC4)cc3)cc2)CCCCC1. The van der Waals surface area contributed by atoms with Crippen molar-refractivity contribution in [2.24, 2.45) is 0 Å². The molecule has 0 heterocycles. The van der Waals surface area contributed by atoms with Gasteiger partial charge in [0.05, 0.1) is 22.1 Å². The summed E-state index contributed by atoms with van der Waals surface area (Å²) < 4.78 is 0. The quantitative estimate of drug-likeness (QED) is 0.400. The molecule has 2 aliphatic rings. The Morgan fingerprint density at radius 3 is 1.21 bits per heavy atom. The van der Waals surface area contributed by atoms with Crippen LogP contribution in [-0.2, 0) is 22.1 Å². The number of rotatable bonds is 5. The van der Waals surface area contributed by atoms with Gasteiger partial charge in [-0.25, -0.2) is 0 Å². The van der Waals surface area contributed by atoms with Crippen molar-refractivity contribution < 1.29 is 10.2 Å². The number of hydrogen-bond acceptors (Lipinski definition) is 2. The molecule has 2 fully saturated rings. The molecule has 0 spiro atoms. The molecule has 0 amide bonds. The van der Waals surface area contributed by atoms with Crippen molar-refractivity contribution in [3.05, 3.63) is 90.0 Å². The molecule has 0 atom stereocenters. The van der Waals surface area contributed by atoms with E-state index in [0.29, 0.717) is 0 Å². The van der Waals surface area contributed by atoms with Gasteiger partial charge in [0.25, 0.3) is 0 Å². The van der Waals surface area contributed by atoms with E-state index in [0.717, 1.165) is 62.5 Å². The first kappa shape index (κ1) is 22.7. The molecule has 0 saturated heterocycles. The summed E-state index contributed by atoms with van der Waals surface area (Å²) in [5.41, 5.74) is 0.771. The van der Waals surface area contributed by atoms with Crippen LogP contribution in [0.5, 0.6) is 0 Å². The van der Waals surface area contributed by atoms with Gasteiger partial charge in [-0.15, -0.1) is 0 Å². The molecule has 2 nitrogen and oxygen atoms in total. The lowest BCUT2D eigenvalue weighted by molar-refractivity contribution is -0.000999. The van der Waals surface area contributed by atoms with E-state index in [9.17, 15) is 10.2 Å². The van der Waals surface area contributed by atoms with Crippen molar-refractivity contribution in [2.75, 3.05) is 0 Å². The lowest BCUT2D eigenvalue weighted by Gasteiger charge is -2.32. The van der Waals surface area contributed by atoms with Crippen LogP contribution in [0.25, 0.3) is 0 Å². The van der Waals surface area contributed by atoms with Gasteiger partial charge in [-0.05, 0) is 73.2 Å². The minimum atomic E-state index is -0.667. The second-order valence-corrected chi connectivity index (χ2v) is 11.9. The van der Waals surface area contributed by atoms with Crippen LogP contribution in [0.15, 0.2) is 93.5 Å². The number of aliphatic hydroxyl groups is 2. The lowest BCUT2D eigenvalue weighted by Crippen LogP contribution is -2.28. The molecule has 33 heavy (non-hydrogen) atoms. The summed E-state index contributed by atoms with van der Waals surface area (Å²) >= 11 is 0. The molecule has 0 aliphatic heterocycles. The van der Waals surface area contributed by atoms with Crippen LogP contribution >= 0.6 is 0 Å². The van der Waals surface area contributed by atoms with E-state index < -0.39 is 11.2 Å². The Morgan fingerprint density at radius 2 is 0.818 bits per heavy atom. The van der Waals surface area contributed by atoms with Crippen molar-refractivity contribution in [3.63, 3.8) is 0 Å². The standard InChI is InChI=1S/C30H35O2S/c31-29(20-6-2-7-21-29)24-12-16-27(17-13-24)33(26-10-4-1-5-11-26)28-18-14-25(15-19-28)30(32)22-8-3-9-23-30/h1,4-5,10-19,31-32H,2-3,6-9,20-23H2/q+1. The number of benzene rings is 3. The van der Waals surface area contributed by atoms with E-state index >= 15 is 0 Å².